The predicted octanol–water partition coefficient (Wildman–Crippen LogP) is 3.59. The Hall–Kier alpha value is -1.30. The summed E-state index contributed by atoms with van der Waals surface area (Å²) in [4.78, 5) is 5.48. The molecule has 2 aromatic rings. The summed E-state index contributed by atoms with van der Waals surface area (Å²) in [5, 5.41) is 6.56. The van der Waals surface area contributed by atoms with Crippen LogP contribution in [0.15, 0.2) is 64.5 Å². The van der Waals surface area contributed by atoms with Gasteiger partial charge in [-0.25, -0.2) is 13.1 Å². The van der Waals surface area contributed by atoms with Gasteiger partial charge in [-0.2, -0.15) is 0 Å². The highest BCUT2D eigenvalue weighted by atomic mass is 127. The molecule has 2 aromatic carbocycles. The van der Waals surface area contributed by atoms with Gasteiger partial charge in [0.25, 0.3) is 0 Å². The van der Waals surface area contributed by atoms with Crippen molar-refractivity contribution >= 4 is 51.7 Å². The summed E-state index contributed by atoms with van der Waals surface area (Å²) in [6.45, 7) is 4.90. The number of hydrogen-bond donors (Lipinski definition) is 3. The molecule has 2 rings (SSSR count). The molecule has 0 saturated heterocycles. The molecule has 0 atom stereocenters. The Bertz CT molecular complexity index is 891. The Morgan fingerprint density at radius 3 is 2.27 bits per heavy atom. The molecule has 0 radical (unpaired) electrons. The van der Waals surface area contributed by atoms with Gasteiger partial charge in [0.2, 0.25) is 10.0 Å². The monoisotopic (exact) mass is 562 g/mol. The minimum Gasteiger partial charge on any atom is -0.356 e. The molecule has 166 valence electrons. The van der Waals surface area contributed by atoms with Crippen molar-refractivity contribution in [3.05, 3.63) is 65.7 Å². The average Bonchev–Trinajstić information content (AvgIpc) is 2.68. The van der Waals surface area contributed by atoms with Crippen LogP contribution in [0, 0.1) is 0 Å². The second-order valence-electron chi connectivity index (χ2n) is 6.81. The molecule has 0 spiro atoms. The average molecular weight is 563 g/mol. The first-order chi connectivity index (χ1) is 13.9. The van der Waals surface area contributed by atoms with Gasteiger partial charge in [0.15, 0.2) is 5.96 Å². The van der Waals surface area contributed by atoms with E-state index in [-0.39, 0.29) is 35.8 Å². The van der Waals surface area contributed by atoms with Crippen LogP contribution < -0.4 is 15.4 Å². The number of benzene rings is 2. The van der Waals surface area contributed by atoms with Crippen LogP contribution in [0.3, 0.4) is 0 Å². The maximum absolute atomic E-state index is 12.3. The lowest BCUT2D eigenvalue weighted by Gasteiger charge is -2.15. The van der Waals surface area contributed by atoms with Crippen molar-refractivity contribution in [2.24, 2.45) is 4.99 Å². The largest absolute Gasteiger partial charge is 0.356 e. The van der Waals surface area contributed by atoms with Gasteiger partial charge in [0.1, 0.15) is 0 Å². The van der Waals surface area contributed by atoms with E-state index in [2.05, 4.69) is 32.5 Å². The zero-order chi connectivity index (χ0) is 21.1. The van der Waals surface area contributed by atoms with Crippen molar-refractivity contribution in [1.82, 2.24) is 15.4 Å². The first-order valence-electron chi connectivity index (χ1n) is 9.59. The highest BCUT2D eigenvalue weighted by molar-refractivity contribution is 14.0. The van der Waals surface area contributed by atoms with E-state index in [9.17, 15) is 8.42 Å². The zero-order valence-electron chi connectivity index (χ0n) is 17.6. The van der Waals surface area contributed by atoms with Gasteiger partial charge in [-0.05, 0) is 37.1 Å². The number of hydrogen-bond acceptors (Lipinski definition) is 4. The number of sulfonamides is 1. The lowest BCUT2D eigenvalue weighted by Crippen LogP contribution is -2.38. The van der Waals surface area contributed by atoms with Crippen molar-refractivity contribution in [3.8, 4) is 0 Å². The fourth-order valence-corrected chi connectivity index (χ4v) is 5.01. The zero-order valence-corrected chi connectivity index (χ0v) is 21.6. The summed E-state index contributed by atoms with van der Waals surface area (Å²) in [5.41, 5.74) is 1.71. The Labute approximate surface area is 201 Å². The Kier molecular flexibility index (Phi) is 12.4. The number of guanidine groups is 1. The molecular formula is C21H31IN4O2S2. The summed E-state index contributed by atoms with van der Waals surface area (Å²) in [6.07, 6.45) is 0. The fourth-order valence-electron chi connectivity index (χ4n) is 2.73. The lowest BCUT2D eigenvalue weighted by atomic mass is 10.1. The van der Waals surface area contributed by atoms with Gasteiger partial charge in [0.05, 0.1) is 5.75 Å². The molecule has 0 aliphatic rings. The van der Waals surface area contributed by atoms with Crippen LogP contribution in [0.25, 0.3) is 0 Å². The predicted molar refractivity (Wildman–Crippen MR) is 138 cm³/mol. The molecule has 6 nitrogen and oxygen atoms in total. The van der Waals surface area contributed by atoms with Crippen LogP contribution in [0.1, 0.15) is 25.0 Å². The number of nitrogens with one attached hydrogen (secondary N) is 3. The molecule has 0 bridgehead atoms. The van der Waals surface area contributed by atoms with Crippen LogP contribution >= 0.6 is 35.7 Å². The van der Waals surface area contributed by atoms with Gasteiger partial charge in [-0.3, -0.25) is 4.99 Å². The van der Waals surface area contributed by atoms with E-state index in [4.69, 9.17) is 0 Å². The molecule has 0 aliphatic heterocycles. The van der Waals surface area contributed by atoms with Gasteiger partial charge in [-0.1, -0.05) is 42.5 Å². The van der Waals surface area contributed by atoms with Crippen molar-refractivity contribution in [3.63, 3.8) is 0 Å². The first kappa shape index (κ1) is 26.7. The van der Waals surface area contributed by atoms with Crippen LogP contribution in [0.4, 0.5) is 0 Å². The molecule has 0 fully saturated rings. The van der Waals surface area contributed by atoms with E-state index in [1.54, 1.807) is 18.8 Å². The minimum atomic E-state index is -3.37. The summed E-state index contributed by atoms with van der Waals surface area (Å²) in [6, 6.07) is 17.7. The second-order valence-corrected chi connectivity index (χ2v) is 9.74. The summed E-state index contributed by atoms with van der Waals surface area (Å²) in [7, 11) is -1.65. The highest BCUT2D eigenvalue weighted by Crippen LogP contribution is 2.16. The lowest BCUT2D eigenvalue weighted by molar-refractivity contribution is 0.568. The molecule has 3 N–H and O–H groups in total. The van der Waals surface area contributed by atoms with Crippen LogP contribution in [0.2, 0.25) is 0 Å². The van der Waals surface area contributed by atoms with E-state index in [1.807, 2.05) is 56.3 Å². The Balaban J connectivity index is 0.00000450. The van der Waals surface area contributed by atoms with Gasteiger partial charge >= 0.3 is 0 Å². The summed E-state index contributed by atoms with van der Waals surface area (Å²) >= 11 is 1.78. The number of rotatable bonds is 10. The first-order valence-corrected chi connectivity index (χ1v) is 12.2. The maximum Gasteiger partial charge on any atom is 0.216 e. The third-order valence-electron chi connectivity index (χ3n) is 3.96. The SMILES string of the molecule is CN=C(NCCSc1ccccc1)NCc1ccccc1CS(=O)(=O)NC(C)C.I. The van der Waals surface area contributed by atoms with Crippen LogP contribution in [-0.2, 0) is 22.3 Å². The van der Waals surface area contributed by atoms with Crippen molar-refractivity contribution in [2.75, 3.05) is 19.3 Å². The third kappa shape index (κ3) is 10.1. The van der Waals surface area contributed by atoms with Gasteiger partial charge < -0.3 is 10.6 Å². The molecule has 9 heteroatoms. The van der Waals surface area contributed by atoms with E-state index < -0.39 is 10.0 Å². The molecular weight excluding hydrogens is 531 g/mol. The Morgan fingerprint density at radius 2 is 1.63 bits per heavy atom. The van der Waals surface area contributed by atoms with Gasteiger partial charge in [0, 0.05) is 36.8 Å². The van der Waals surface area contributed by atoms with E-state index in [1.165, 1.54) is 4.90 Å². The van der Waals surface area contributed by atoms with Crippen molar-refractivity contribution in [2.45, 2.75) is 37.1 Å². The smallest absolute Gasteiger partial charge is 0.216 e. The second kappa shape index (κ2) is 13.9. The molecule has 0 amide bonds. The van der Waals surface area contributed by atoms with E-state index in [0.29, 0.717) is 12.5 Å². The topological polar surface area (TPSA) is 82.6 Å². The number of halogens is 1. The standard InChI is InChI=1S/C21H30N4O2S2.HI/c1-17(2)25-29(26,27)16-19-10-8-7-9-18(19)15-24-21(22-3)23-13-14-28-20-11-5-4-6-12-20;/h4-12,17,25H,13-16H2,1-3H3,(H2,22,23,24);1H. The number of aliphatic imine (C=N–C) groups is 1. The molecule has 0 aliphatic carbocycles. The molecule has 0 saturated carbocycles. The van der Waals surface area contributed by atoms with Gasteiger partial charge in [-0.15, -0.1) is 35.7 Å². The summed E-state index contributed by atoms with van der Waals surface area (Å²) in [5.74, 6) is 1.57. The molecule has 0 heterocycles. The van der Waals surface area contributed by atoms with Crippen molar-refractivity contribution < 1.29 is 8.42 Å². The maximum atomic E-state index is 12.3. The fraction of sp³-hybridized carbons (Fsp3) is 0.381. The Morgan fingerprint density at radius 1 is 1.00 bits per heavy atom. The third-order valence-corrected chi connectivity index (χ3v) is 6.49. The molecule has 0 unspecified atom stereocenters. The van der Waals surface area contributed by atoms with E-state index >= 15 is 0 Å². The number of thioether (sulfide) groups is 1. The van der Waals surface area contributed by atoms with E-state index in [0.717, 1.165) is 23.4 Å². The highest BCUT2D eigenvalue weighted by Gasteiger charge is 2.15. The minimum absolute atomic E-state index is 0. The molecule has 30 heavy (non-hydrogen) atoms. The number of nitrogens with zero attached hydrogens (tertiary/aromatic N) is 1. The molecule has 0 aromatic heterocycles. The summed E-state index contributed by atoms with van der Waals surface area (Å²) < 4.78 is 27.2. The van der Waals surface area contributed by atoms with Crippen LogP contribution in [0.5, 0.6) is 0 Å². The normalized spacial score (nSPS) is 11.8. The van der Waals surface area contributed by atoms with Crippen LogP contribution in [-0.4, -0.2) is 39.8 Å². The van der Waals surface area contributed by atoms with Crippen molar-refractivity contribution in [1.29, 1.82) is 0 Å². The quantitative estimate of drug-likeness (QED) is 0.136.